The lowest BCUT2D eigenvalue weighted by molar-refractivity contribution is -0.115. The molecular weight excluding hydrogens is 328 g/mol. The maximum absolute atomic E-state index is 11.7. The topological polar surface area (TPSA) is 51.2 Å². The molecule has 0 atom stereocenters. The largest absolute Gasteiger partial charge is 0.497 e. The number of benzene rings is 1. The number of nitrogens with one attached hydrogen (secondary N) is 1. The standard InChI is InChI=1S/C14H9ClN2O2S2/c1-19-8-2-3-11-9(6-8)10(15)4-7(16-11)5-12-13(18)17-14(20)21-12/h2-6H,1H3,(H,17,18,20)/b12-5-. The summed E-state index contributed by atoms with van der Waals surface area (Å²) in [6.07, 6.45) is 1.68. The van der Waals surface area contributed by atoms with Crippen LogP contribution >= 0.6 is 35.6 Å². The van der Waals surface area contributed by atoms with Crippen molar-refractivity contribution in [2.75, 3.05) is 7.11 Å². The molecule has 0 unspecified atom stereocenters. The molecule has 3 rings (SSSR count). The first-order valence-electron chi connectivity index (χ1n) is 5.96. The summed E-state index contributed by atoms with van der Waals surface area (Å²) in [7, 11) is 1.60. The number of rotatable bonds is 2. The van der Waals surface area contributed by atoms with E-state index in [0.29, 0.717) is 25.7 Å². The Labute approximate surface area is 135 Å². The molecule has 1 fully saturated rings. The molecule has 1 aliphatic rings. The number of ether oxygens (including phenoxy) is 1. The number of halogens is 1. The number of thioether (sulfide) groups is 1. The molecule has 1 saturated heterocycles. The Morgan fingerprint density at radius 3 is 2.90 bits per heavy atom. The molecule has 0 aliphatic carbocycles. The highest BCUT2D eigenvalue weighted by atomic mass is 35.5. The molecule has 1 aliphatic heterocycles. The number of hydrogen-bond acceptors (Lipinski definition) is 5. The van der Waals surface area contributed by atoms with Crippen LogP contribution in [0.4, 0.5) is 0 Å². The van der Waals surface area contributed by atoms with Crippen LogP contribution < -0.4 is 10.1 Å². The minimum Gasteiger partial charge on any atom is -0.497 e. The van der Waals surface area contributed by atoms with Gasteiger partial charge in [0, 0.05) is 5.39 Å². The van der Waals surface area contributed by atoms with Gasteiger partial charge in [0.2, 0.25) is 0 Å². The van der Waals surface area contributed by atoms with Gasteiger partial charge in [0.15, 0.2) is 0 Å². The van der Waals surface area contributed by atoms with Crippen LogP contribution in [0.1, 0.15) is 5.69 Å². The van der Waals surface area contributed by atoms with Crippen LogP contribution in [0.25, 0.3) is 17.0 Å². The van der Waals surface area contributed by atoms with E-state index >= 15 is 0 Å². The molecule has 1 amide bonds. The van der Waals surface area contributed by atoms with E-state index in [2.05, 4.69) is 10.3 Å². The number of pyridine rings is 1. The summed E-state index contributed by atoms with van der Waals surface area (Å²) < 4.78 is 5.62. The molecule has 2 aromatic rings. The summed E-state index contributed by atoms with van der Waals surface area (Å²) in [5.41, 5.74) is 1.35. The molecule has 0 saturated carbocycles. The van der Waals surface area contributed by atoms with Gasteiger partial charge >= 0.3 is 0 Å². The third-order valence-corrected chi connectivity index (χ3v) is 4.38. The van der Waals surface area contributed by atoms with Crippen LogP contribution in [0, 0.1) is 0 Å². The van der Waals surface area contributed by atoms with E-state index < -0.39 is 0 Å². The first-order valence-corrected chi connectivity index (χ1v) is 7.56. The zero-order valence-corrected chi connectivity index (χ0v) is 13.2. The highest BCUT2D eigenvalue weighted by molar-refractivity contribution is 8.26. The number of fused-ring (bicyclic) bond motifs is 1. The van der Waals surface area contributed by atoms with Crippen molar-refractivity contribution in [3.05, 3.63) is 39.9 Å². The maximum atomic E-state index is 11.7. The smallest absolute Gasteiger partial charge is 0.263 e. The van der Waals surface area contributed by atoms with Gasteiger partial charge in [-0.15, -0.1) is 0 Å². The average molecular weight is 337 g/mol. The fraction of sp³-hybridized carbons (Fsp3) is 0.0714. The lowest BCUT2D eigenvalue weighted by atomic mass is 10.2. The normalized spacial score (nSPS) is 16.6. The zero-order valence-electron chi connectivity index (χ0n) is 10.8. The number of carbonyl (C=O) groups is 1. The minimum atomic E-state index is -0.210. The number of nitrogens with zero attached hydrogens (tertiary/aromatic N) is 1. The van der Waals surface area contributed by atoms with Crippen molar-refractivity contribution in [3.8, 4) is 5.75 Å². The van der Waals surface area contributed by atoms with E-state index in [1.807, 2.05) is 18.2 Å². The van der Waals surface area contributed by atoms with Crippen LogP contribution in [0.15, 0.2) is 29.2 Å². The van der Waals surface area contributed by atoms with Crippen molar-refractivity contribution in [3.63, 3.8) is 0 Å². The summed E-state index contributed by atoms with van der Waals surface area (Å²) in [5.74, 6) is 0.506. The van der Waals surface area contributed by atoms with Crippen LogP contribution in [0.5, 0.6) is 5.75 Å². The first-order chi connectivity index (χ1) is 10.1. The van der Waals surface area contributed by atoms with E-state index in [1.165, 1.54) is 11.8 Å². The number of thiocarbonyl (C=S) groups is 1. The van der Waals surface area contributed by atoms with E-state index in [9.17, 15) is 4.79 Å². The molecule has 21 heavy (non-hydrogen) atoms. The zero-order chi connectivity index (χ0) is 15.0. The van der Waals surface area contributed by atoms with Gasteiger partial charge in [-0.1, -0.05) is 35.6 Å². The van der Waals surface area contributed by atoms with E-state index in [0.717, 1.165) is 10.9 Å². The van der Waals surface area contributed by atoms with Gasteiger partial charge in [-0.3, -0.25) is 4.79 Å². The Morgan fingerprint density at radius 2 is 2.24 bits per heavy atom. The summed E-state index contributed by atoms with van der Waals surface area (Å²) in [4.78, 5) is 16.6. The van der Waals surface area contributed by atoms with Gasteiger partial charge in [-0.2, -0.15) is 0 Å². The van der Waals surface area contributed by atoms with Crippen LogP contribution in [-0.2, 0) is 4.79 Å². The predicted molar refractivity (Wildman–Crippen MR) is 89.6 cm³/mol. The molecule has 0 bridgehead atoms. The van der Waals surface area contributed by atoms with Crippen molar-refractivity contribution < 1.29 is 9.53 Å². The predicted octanol–water partition coefficient (Wildman–Crippen LogP) is 3.39. The highest BCUT2D eigenvalue weighted by Gasteiger charge is 2.22. The molecule has 2 heterocycles. The number of methoxy groups -OCH3 is 1. The van der Waals surface area contributed by atoms with Gasteiger partial charge in [0.05, 0.1) is 28.2 Å². The number of aromatic nitrogens is 1. The average Bonchev–Trinajstić information content (AvgIpc) is 2.76. The molecule has 1 N–H and O–H groups in total. The quantitative estimate of drug-likeness (QED) is 0.673. The highest BCUT2D eigenvalue weighted by Crippen LogP contribution is 2.30. The third kappa shape index (κ3) is 2.88. The van der Waals surface area contributed by atoms with Crippen LogP contribution in [0.2, 0.25) is 5.02 Å². The van der Waals surface area contributed by atoms with Crippen molar-refractivity contribution in [1.82, 2.24) is 10.3 Å². The number of carbonyl (C=O) groups excluding carboxylic acids is 1. The van der Waals surface area contributed by atoms with Crippen molar-refractivity contribution in [2.45, 2.75) is 0 Å². The lowest BCUT2D eigenvalue weighted by Crippen LogP contribution is -2.17. The fourth-order valence-electron chi connectivity index (χ4n) is 1.94. The molecule has 7 heteroatoms. The Hall–Kier alpha value is -1.63. The Morgan fingerprint density at radius 1 is 1.43 bits per heavy atom. The van der Waals surface area contributed by atoms with Crippen LogP contribution in [0.3, 0.4) is 0 Å². The second-order valence-electron chi connectivity index (χ2n) is 4.26. The second kappa shape index (κ2) is 5.63. The van der Waals surface area contributed by atoms with Gasteiger partial charge in [-0.05, 0) is 30.3 Å². The van der Waals surface area contributed by atoms with Gasteiger partial charge in [0.1, 0.15) is 10.1 Å². The summed E-state index contributed by atoms with van der Waals surface area (Å²) in [6.45, 7) is 0. The molecule has 106 valence electrons. The molecular formula is C14H9ClN2O2S2. The van der Waals surface area contributed by atoms with Crippen molar-refractivity contribution >= 4 is 62.8 Å². The Kier molecular flexibility index (Phi) is 3.84. The third-order valence-electron chi connectivity index (χ3n) is 2.91. The lowest BCUT2D eigenvalue weighted by Gasteiger charge is -2.05. The van der Waals surface area contributed by atoms with Crippen molar-refractivity contribution in [2.24, 2.45) is 0 Å². The van der Waals surface area contributed by atoms with Crippen molar-refractivity contribution in [1.29, 1.82) is 0 Å². The summed E-state index contributed by atoms with van der Waals surface area (Å²) >= 11 is 12.4. The van der Waals surface area contributed by atoms with Gasteiger partial charge < -0.3 is 10.1 Å². The molecule has 0 radical (unpaired) electrons. The Balaban J connectivity index is 2.07. The van der Waals surface area contributed by atoms with E-state index in [4.69, 9.17) is 28.6 Å². The van der Waals surface area contributed by atoms with Gasteiger partial charge in [-0.25, -0.2) is 4.98 Å². The fourth-order valence-corrected chi connectivity index (χ4v) is 3.23. The minimum absolute atomic E-state index is 0.210. The van der Waals surface area contributed by atoms with Gasteiger partial charge in [0.25, 0.3) is 5.91 Å². The van der Waals surface area contributed by atoms with Crippen LogP contribution in [-0.4, -0.2) is 22.3 Å². The second-order valence-corrected chi connectivity index (χ2v) is 6.39. The number of hydrogen-bond donors (Lipinski definition) is 1. The summed E-state index contributed by atoms with van der Waals surface area (Å²) in [5, 5.41) is 3.92. The van der Waals surface area contributed by atoms with E-state index in [1.54, 1.807) is 19.3 Å². The molecule has 0 spiro atoms. The number of amides is 1. The molecule has 1 aromatic heterocycles. The Bertz CT molecular complexity index is 805. The summed E-state index contributed by atoms with van der Waals surface area (Å²) in [6, 6.07) is 7.18. The molecule has 1 aromatic carbocycles. The molecule has 4 nitrogen and oxygen atoms in total. The monoisotopic (exact) mass is 336 g/mol. The first kappa shape index (κ1) is 14.3. The SMILES string of the molecule is COc1ccc2nc(/C=C3\SC(=S)NC3=O)cc(Cl)c2c1. The van der Waals surface area contributed by atoms with E-state index in [-0.39, 0.29) is 5.91 Å². The maximum Gasteiger partial charge on any atom is 0.263 e.